The summed E-state index contributed by atoms with van der Waals surface area (Å²) < 4.78 is 0. The first kappa shape index (κ1) is 27.9. The van der Waals surface area contributed by atoms with Gasteiger partial charge in [0.15, 0.2) is 8.24 Å². The molecule has 5 heteroatoms. The van der Waals surface area contributed by atoms with Gasteiger partial charge in [0.2, 0.25) is 0 Å². The molecule has 0 aromatic carbocycles. The van der Waals surface area contributed by atoms with Crippen molar-refractivity contribution in [3.8, 4) is 0 Å². The minimum atomic E-state index is -1.57. The summed E-state index contributed by atoms with van der Waals surface area (Å²) in [5.74, 6) is 0.640. The zero-order valence-electron chi connectivity index (χ0n) is 15.8. The van der Waals surface area contributed by atoms with E-state index < -0.39 is 8.24 Å². The molecule has 1 unspecified atom stereocenters. The van der Waals surface area contributed by atoms with Gasteiger partial charge >= 0.3 is 0 Å². The number of hydrogen-bond acceptors (Lipinski definition) is 1. The van der Waals surface area contributed by atoms with Gasteiger partial charge < -0.3 is 4.98 Å². The van der Waals surface area contributed by atoms with Crippen LogP contribution in [0.5, 0.6) is 0 Å². The fraction of sp³-hybridized carbons (Fsp3) is 0.765. The normalized spacial score (nSPS) is 18.7. The number of rotatable bonds is 4. The molecule has 0 radical (unpaired) electrons. The van der Waals surface area contributed by atoms with Crippen LogP contribution in [0, 0.1) is 5.92 Å². The first-order valence-electron chi connectivity index (χ1n) is 7.78. The molecule has 0 spiro atoms. The largest absolute Gasteiger partial charge is 0.329 e. The second-order valence-electron chi connectivity index (χ2n) is 7.23. The third kappa shape index (κ3) is 5.59. The zero-order chi connectivity index (χ0) is 15.0. The molecule has 1 aliphatic rings. The molecule has 0 saturated carbocycles. The van der Waals surface area contributed by atoms with Crippen molar-refractivity contribution in [1.82, 2.24) is 4.98 Å². The molecule has 0 bridgehead atoms. The Bertz CT molecular complexity index is 421. The summed E-state index contributed by atoms with van der Waals surface area (Å²) in [6.07, 6.45) is 0. The van der Waals surface area contributed by atoms with E-state index in [0.29, 0.717) is 5.92 Å². The van der Waals surface area contributed by atoms with E-state index in [9.17, 15) is 0 Å². The fourth-order valence-corrected chi connectivity index (χ4v) is 8.87. The van der Waals surface area contributed by atoms with Gasteiger partial charge in [-0.1, -0.05) is 37.1 Å². The summed E-state index contributed by atoms with van der Waals surface area (Å²) in [5, 5.41) is 1.77. The molecule has 1 aliphatic carbocycles. The standard InChI is InChI=1S/C17H33NSi.2ClH.Zr/c1-10-19(11-2,18-17(7,8)9)16-14(5)12(3)13(4)15(16)6;;;/h14,18H,10-11H2,1-9H3;2*1H;. The molecule has 0 aromatic rings. The molecular weight excluding hydrogens is 408 g/mol. The van der Waals surface area contributed by atoms with Gasteiger partial charge in [0.05, 0.1) is 0 Å². The van der Waals surface area contributed by atoms with Crippen LogP contribution in [0.4, 0.5) is 0 Å². The Balaban J connectivity index is -0.00000120. The van der Waals surface area contributed by atoms with Gasteiger partial charge in [-0.05, 0) is 65.1 Å². The Morgan fingerprint density at radius 3 is 1.59 bits per heavy atom. The van der Waals surface area contributed by atoms with Gasteiger partial charge in [-0.25, -0.2) is 0 Å². The minimum Gasteiger partial charge on any atom is -0.329 e. The van der Waals surface area contributed by atoms with Crippen LogP contribution in [0.1, 0.15) is 62.3 Å². The first-order valence-corrected chi connectivity index (χ1v) is 10.2. The molecular formula is C17H35Cl2NSiZr. The Morgan fingerprint density at radius 1 is 0.955 bits per heavy atom. The monoisotopic (exact) mass is 441 g/mol. The predicted molar refractivity (Wildman–Crippen MR) is 104 cm³/mol. The molecule has 0 saturated heterocycles. The molecule has 1 nitrogen and oxygen atoms in total. The van der Waals surface area contributed by atoms with Crippen molar-refractivity contribution in [2.45, 2.75) is 79.9 Å². The summed E-state index contributed by atoms with van der Waals surface area (Å²) in [7, 11) is -1.57. The van der Waals surface area contributed by atoms with Crippen LogP contribution in [0.15, 0.2) is 21.9 Å². The zero-order valence-corrected chi connectivity index (χ0v) is 20.9. The van der Waals surface area contributed by atoms with Gasteiger partial charge in [-0.15, -0.1) is 24.8 Å². The van der Waals surface area contributed by atoms with E-state index in [1.165, 1.54) is 17.7 Å². The number of allylic oxidation sites excluding steroid dienone is 4. The van der Waals surface area contributed by atoms with Crippen LogP contribution in [0.25, 0.3) is 0 Å². The smallest absolute Gasteiger partial charge is 0.154 e. The van der Waals surface area contributed by atoms with Crippen LogP contribution in [-0.2, 0) is 26.2 Å². The predicted octanol–water partition coefficient (Wildman–Crippen LogP) is 6.04. The molecule has 1 rings (SSSR count). The summed E-state index contributed by atoms with van der Waals surface area (Å²) in [6.45, 7) is 21.0. The van der Waals surface area contributed by atoms with E-state index in [-0.39, 0.29) is 56.6 Å². The number of nitrogens with one attached hydrogen (secondary N) is 1. The van der Waals surface area contributed by atoms with Gasteiger partial charge in [0.25, 0.3) is 0 Å². The molecule has 0 heterocycles. The van der Waals surface area contributed by atoms with E-state index in [1.54, 1.807) is 16.3 Å². The van der Waals surface area contributed by atoms with Gasteiger partial charge in [0.1, 0.15) is 0 Å². The Morgan fingerprint density at radius 2 is 1.36 bits per heavy atom. The fourth-order valence-electron chi connectivity index (χ4n) is 3.73. The molecule has 22 heavy (non-hydrogen) atoms. The van der Waals surface area contributed by atoms with Crippen LogP contribution in [0.3, 0.4) is 0 Å². The van der Waals surface area contributed by atoms with Crippen molar-refractivity contribution in [3.63, 3.8) is 0 Å². The van der Waals surface area contributed by atoms with E-state index in [1.807, 2.05) is 0 Å². The molecule has 1 atom stereocenters. The van der Waals surface area contributed by atoms with E-state index in [2.05, 4.69) is 67.3 Å². The van der Waals surface area contributed by atoms with Crippen molar-refractivity contribution in [2.24, 2.45) is 5.92 Å². The Labute approximate surface area is 171 Å². The Hall–Kier alpha value is 1.12. The average Bonchev–Trinajstić information content (AvgIpc) is 2.51. The first-order chi connectivity index (χ1) is 8.59. The van der Waals surface area contributed by atoms with Crippen LogP contribution in [-0.4, -0.2) is 13.8 Å². The van der Waals surface area contributed by atoms with Gasteiger partial charge in [0, 0.05) is 31.7 Å². The van der Waals surface area contributed by atoms with Gasteiger partial charge in [-0.2, -0.15) is 0 Å². The van der Waals surface area contributed by atoms with Crippen molar-refractivity contribution >= 4 is 33.0 Å². The van der Waals surface area contributed by atoms with Crippen LogP contribution in [0.2, 0.25) is 12.1 Å². The second kappa shape index (κ2) is 10.2. The third-order valence-electron chi connectivity index (χ3n) is 4.98. The molecule has 0 aliphatic heterocycles. The molecule has 0 fully saturated rings. The minimum absolute atomic E-state index is 0. The van der Waals surface area contributed by atoms with E-state index >= 15 is 0 Å². The molecule has 0 amide bonds. The van der Waals surface area contributed by atoms with Crippen molar-refractivity contribution in [3.05, 3.63) is 21.9 Å². The maximum Gasteiger partial charge on any atom is 0.154 e. The maximum atomic E-state index is 4.07. The van der Waals surface area contributed by atoms with Gasteiger partial charge in [-0.3, -0.25) is 0 Å². The molecule has 130 valence electrons. The van der Waals surface area contributed by atoms with Crippen molar-refractivity contribution < 1.29 is 26.2 Å². The third-order valence-corrected chi connectivity index (χ3v) is 10.5. The summed E-state index contributed by atoms with van der Waals surface area (Å²) >= 11 is 0. The number of hydrogen-bond donors (Lipinski definition) is 1. The maximum absolute atomic E-state index is 4.07. The van der Waals surface area contributed by atoms with Crippen LogP contribution < -0.4 is 4.98 Å². The van der Waals surface area contributed by atoms with Crippen molar-refractivity contribution in [1.29, 1.82) is 0 Å². The Kier molecular flexibility index (Phi) is 12.9. The topological polar surface area (TPSA) is 12.0 Å². The molecule has 1 N–H and O–H groups in total. The summed E-state index contributed by atoms with van der Waals surface area (Å²) in [5.41, 5.74) is 4.91. The molecule has 0 aromatic heterocycles. The van der Waals surface area contributed by atoms with E-state index in [0.717, 1.165) is 0 Å². The summed E-state index contributed by atoms with van der Waals surface area (Å²) in [6, 6.07) is 2.58. The SMILES string of the molecule is CC[Si](CC)(NC(C)(C)C)C1=C(C)C(C)=C(C)C1C.Cl.Cl.[Zr]. The van der Waals surface area contributed by atoms with Crippen LogP contribution >= 0.6 is 24.8 Å². The average molecular weight is 444 g/mol. The summed E-state index contributed by atoms with van der Waals surface area (Å²) in [4.78, 5) is 4.07. The van der Waals surface area contributed by atoms with Crippen molar-refractivity contribution in [2.75, 3.05) is 0 Å². The van der Waals surface area contributed by atoms with E-state index in [4.69, 9.17) is 0 Å². The second-order valence-corrected chi connectivity index (χ2v) is 11.6. The quantitative estimate of drug-likeness (QED) is 0.522. The number of halogens is 2.